The third kappa shape index (κ3) is 6.93. The number of aliphatic carboxylic acids is 1. The molecule has 0 spiro atoms. The fourth-order valence-corrected chi connectivity index (χ4v) is 0.827. The summed E-state index contributed by atoms with van der Waals surface area (Å²) >= 11 is 7.46. The van der Waals surface area contributed by atoms with E-state index in [2.05, 4.69) is 34.7 Å². The van der Waals surface area contributed by atoms with Gasteiger partial charge in [-0.2, -0.15) is 12.6 Å². The number of carbonyl (C=O) groups is 1. The minimum atomic E-state index is -0.842. The van der Waals surface area contributed by atoms with Gasteiger partial charge in [-0.25, -0.2) is 0 Å². The zero-order valence-corrected chi connectivity index (χ0v) is 9.38. The summed E-state index contributed by atoms with van der Waals surface area (Å²) in [6, 6.07) is 0. The Morgan fingerprint density at radius 3 is 2.54 bits per heavy atom. The molecule has 0 aliphatic heterocycles. The molecule has 0 aromatic rings. The number of hydrogen-bond acceptors (Lipinski definition) is 2. The summed E-state index contributed by atoms with van der Waals surface area (Å²) in [6.45, 7) is 1.78. The Balaban J connectivity index is 0.000000223. The molecule has 1 atom stereocenters. The van der Waals surface area contributed by atoms with Crippen LogP contribution < -0.4 is 0 Å². The molecule has 0 heterocycles. The van der Waals surface area contributed by atoms with Crippen LogP contribution in [0.4, 0.5) is 0 Å². The van der Waals surface area contributed by atoms with Crippen LogP contribution in [0.3, 0.4) is 0 Å². The predicted octanol–water partition coefficient (Wildman–Crippen LogP) is 2.16. The van der Waals surface area contributed by atoms with E-state index in [0.29, 0.717) is 6.42 Å². The third-order valence-corrected chi connectivity index (χ3v) is 2.38. The summed E-state index contributed by atoms with van der Waals surface area (Å²) in [5.41, 5.74) is 0. The van der Waals surface area contributed by atoms with Crippen molar-refractivity contribution in [1.82, 2.24) is 0 Å². The van der Waals surface area contributed by atoms with Crippen LogP contribution in [0.25, 0.3) is 0 Å². The van der Waals surface area contributed by atoms with E-state index in [1.165, 1.54) is 4.47 Å². The number of carboxylic acid groups (broad SMARTS) is 1. The minimum absolute atomic E-state index is 0.486. The first-order chi connectivity index (χ1) is 6.07. The first-order valence-corrected chi connectivity index (χ1v) is 5.05. The summed E-state index contributed by atoms with van der Waals surface area (Å²) in [5, 5.41) is 7.62. The van der Waals surface area contributed by atoms with E-state index in [1.807, 2.05) is 12.2 Å². The van der Waals surface area contributed by atoms with Gasteiger partial charge in [-0.05, 0) is 6.42 Å². The van der Waals surface area contributed by atoms with Crippen LogP contribution in [0, 0.1) is 0 Å². The van der Waals surface area contributed by atoms with Gasteiger partial charge >= 0.3 is 51.1 Å². The second kappa shape index (κ2) is 7.24. The Hall–Kier alpha value is -0.181. The van der Waals surface area contributed by atoms with Gasteiger partial charge < -0.3 is 5.11 Å². The molecule has 1 aliphatic rings. The zero-order chi connectivity index (χ0) is 10.3. The van der Waals surface area contributed by atoms with Gasteiger partial charge in [-0.1, -0.05) is 6.92 Å². The second-order valence-corrected chi connectivity index (χ2v) is 3.82. The van der Waals surface area contributed by atoms with Crippen molar-refractivity contribution in [2.45, 2.75) is 25.0 Å². The van der Waals surface area contributed by atoms with E-state index in [1.54, 1.807) is 6.92 Å². The van der Waals surface area contributed by atoms with Crippen molar-refractivity contribution in [3.63, 3.8) is 0 Å². The van der Waals surface area contributed by atoms with E-state index < -0.39 is 11.2 Å². The third-order valence-electron chi connectivity index (χ3n) is 1.39. The first-order valence-electron chi connectivity index (χ1n) is 3.98. The topological polar surface area (TPSA) is 37.3 Å². The molecule has 0 fully saturated rings. The normalized spacial score (nSPS) is 15.8. The molecule has 75 valence electrons. The Morgan fingerprint density at radius 1 is 1.85 bits per heavy atom. The van der Waals surface area contributed by atoms with Crippen molar-refractivity contribution < 1.29 is 25.9 Å². The Kier molecular flexibility index (Phi) is 7.14. The van der Waals surface area contributed by atoms with E-state index in [9.17, 15) is 4.79 Å². The van der Waals surface area contributed by atoms with Crippen molar-refractivity contribution in [2.75, 3.05) is 0 Å². The summed E-state index contributed by atoms with van der Waals surface area (Å²) < 4.78 is 1.22. The molecule has 1 aliphatic carbocycles. The molecule has 13 heavy (non-hydrogen) atoms. The SMILES string of the molecule is CCC(S)C(=O)O.[Fe][C]1=CC=CC1. The van der Waals surface area contributed by atoms with Crippen LogP contribution in [0.15, 0.2) is 22.7 Å². The molecule has 0 aromatic heterocycles. The maximum absolute atomic E-state index is 9.85. The fourth-order valence-electron chi connectivity index (χ4n) is 0.591. The summed E-state index contributed by atoms with van der Waals surface area (Å²) in [5.74, 6) is -0.842. The van der Waals surface area contributed by atoms with Crippen LogP contribution in [0.2, 0.25) is 0 Å². The van der Waals surface area contributed by atoms with Gasteiger partial charge in [0.05, 0.1) is 5.25 Å². The quantitative estimate of drug-likeness (QED) is 0.574. The maximum atomic E-state index is 9.85. The summed E-state index contributed by atoms with van der Waals surface area (Å²) in [6.07, 6.45) is 7.79. The van der Waals surface area contributed by atoms with Gasteiger partial charge in [-0.15, -0.1) is 0 Å². The van der Waals surface area contributed by atoms with Crippen molar-refractivity contribution in [1.29, 1.82) is 0 Å². The molecule has 2 nitrogen and oxygen atoms in total. The fraction of sp³-hybridized carbons (Fsp3) is 0.444. The zero-order valence-electron chi connectivity index (χ0n) is 7.38. The average Bonchev–Trinajstić information content (AvgIpc) is 2.55. The molecule has 1 N–H and O–H groups in total. The molecule has 0 radical (unpaired) electrons. The molecule has 1 rings (SSSR count). The first kappa shape index (κ1) is 12.8. The van der Waals surface area contributed by atoms with Crippen molar-refractivity contribution in [3.8, 4) is 0 Å². The van der Waals surface area contributed by atoms with E-state index in [-0.39, 0.29) is 0 Å². The molecular weight excluding hydrogens is 228 g/mol. The van der Waals surface area contributed by atoms with Crippen molar-refractivity contribution in [3.05, 3.63) is 22.7 Å². The molecule has 0 amide bonds. The van der Waals surface area contributed by atoms with Crippen LogP contribution >= 0.6 is 12.6 Å². The second-order valence-electron chi connectivity index (χ2n) is 2.49. The van der Waals surface area contributed by atoms with Gasteiger partial charge in [-0.3, -0.25) is 4.79 Å². The van der Waals surface area contributed by atoms with E-state index in [0.717, 1.165) is 6.42 Å². The molecular formula is C9H13FeO2S. The summed E-state index contributed by atoms with van der Waals surface area (Å²) in [7, 11) is 0. The number of carboxylic acids is 1. The van der Waals surface area contributed by atoms with Crippen LogP contribution in [0.5, 0.6) is 0 Å². The number of allylic oxidation sites excluding steroid dienone is 4. The summed E-state index contributed by atoms with van der Waals surface area (Å²) in [4.78, 5) is 9.85. The number of rotatable bonds is 2. The molecule has 4 heteroatoms. The van der Waals surface area contributed by atoms with E-state index in [4.69, 9.17) is 5.11 Å². The van der Waals surface area contributed by atoms with Crippen LogP contribution in [-0.2, 0) is 20.8 Å². The molecule has 0 saturated carbocycles. The molecule has 0 bridgehead atoms. The molecule has 1 unspecified atom stereocenters. The predicted molar refractivity (Wildman–Crippen MR) is 52.5 cm³/mol. The Bertz CT molecular complexity index is 224. The van der Waals surface area contributed by atoms with Gasteiger partial charge in [0.2, 0.25) is 0 Å². The van der Waals surface area contributed by atoms with Gasteiger partial charge in [0.15, 0.2) is 0 Å². The van der Waals surface area contributed by atoms with E-state index >= 15 is 0 Å². The van der Waals surface area contributed by atoms with Crippen LogP contribution in [-0.4, -0.2) is 16.3 Å². The van der Waals surface area contributed by atoms with Gasteiger partial charge in [0.1, 0.15) is 0 Å². The monoisotopic (exact) mass is 241 g/mol. The average molecular weight is 241 g/mol. The van der Waals surface area contributed by atoms with Crippen molar-refractivity contribution >= 4 is 18.6 Å². The number of thiol groups is 1. The Morgan fingerprint density at radius 2 is 2.46 bits per heavy atom. The van der Waals surface area contributed by atoms with Gasteiger partial charge in [0.25, 0.3) is 0 Å². The van der Waals surface area contributed by atoms with Gasteiger partial charge in [0, 0.05) is 0 Å². The van der Waals surface area contributed by atoms with Crippen LogP contribution in [0.1, 0.15) is 19.8 Å². The molecule has 0 aromatic carbocycles. The molecule has 0 saturated heterocycles. The van der Waals surface area contributed by atoms with Crippen molar-refractivity contribution in [2.24, 2.45) is 0 Å². The number of hydrogen-bond donors (Lipinski definition) is 2. The Labute approximate surface area is 92.3 Å². The standard InChI is InChI=1S/C5H5.C4H8O2S.Fe/c1-2-4-5-3-1;1-2-3(7)4(5)6;/h1-3H,4H2;3,7H,2H2,1H3,(H,5,6);.